The number of rotatable bonds is 7. The Morgan fingerprint density at radius 2 is 1.62 bits per heavy atom. The Bertz CT molecular complexity index is 1820. The number of carbonyl (C=O) groups excluding carboxylic acids is 2. The van der Waals surface area contributed by atoms with E-state index in [-0.39, 0.29) is 24.3 Å². The highest BCUT2D eigenvalue weighted by Crippen LogP contribution is 2.37. The predicted octanol–water partition coefficient (Wildman–Crippen LogP) is 6.38. The minimum Gasteiger partial charge on any atom is -0.320 e. The molecule has 1 aliphatic heterocycles. The number of fused-ring (bicyclic) bond motifs is 2. The molecule has 0 N–H and O–H groups in total. The molecule has 1 aliphatic rings. The number of hydrogen-bond donors (Lipinski definition) is 0. The van der Waals surface area contributed by atoms with Crippen molar-refractivity contribution in [3.63, 3.8) is 0 Å². The summed E-state index contributed by atoms with van der Waals surface area (Å²) in [7, 11) is 0. The number of aromatic nitrogens is 5. The van der Waals surface area contributed by atoms with Crippen LogP contribution in [0.1, 0.15) is 69.7 Å². The molecule has 0 spiro atoms. The van der Waals surface area contributed by atoms with Crippen LogP contribution in [0, 0.1) is 12.8 Å². The maximum atomic E-state index is 13.7. The van der Waals surface area contributed by atoms with Crippen LogP contribution in [0.25, 0.3) is 16.7 Å². The standard InChI is InChI=1S/C31H27F3N6O2/c1-18(2)14-27(40-29(41)23-13-8-19(3)15-24(23)30(40)42)28-35-25-6-4-5-7-26(25)38(28)16-21-17-39(37-36-21)22-11-9-20(10-12-22)31(32,33)34/h4-13,15,17-18,27H,14,16H2,1-3H3/t27-/m1/s1. The molecular formula is C31H27F3N6O2. The lowest BCUT2D eigenvalue weighted by Gasteiger charge is -2.28. The molecule has 2 amide bonds. The first-order valence-electron chi connectivity index (χ1n) is 13.5. The minimum absolute atomic E-state index is 0.134. The summed E-state index contributed by atoms with van der Waals surface area (Å²) < 4.78 is 42.4. The van der Waals surface area contributed by atoms with E-state index in [0.717, 1.165) is 23.2 Å². The number of carbonyl (C=O) groups is 2. The Morgan fingerprint density at radius 1 is 0.905 bits per heavy atom. The monoisotopic (exact) mass is 572 g/mol. The molecule has 0 bridgehead atoms. The van der Waals surface area contributed by atoms with Crippen LogP contribution in [0.2, 0.25) is 0 Å². The molecule has 6 rings (SSSR count). The number of imidazole rings is 1. The highest BCUT2D eigenvalue weighted by molar-refractivity contribution is 6.21. The topological polar surface area (TPSA) is 85.9 Å². The van der Waals surface area contributed by atoms with E-state index in [2.05, 4.69) is 10.3 Å². The first-order valence-corrected chi connectivity index (χ1v) is 13.5. The van der Waals surface area contributed by atoms with Crippen LogP contribution >= 0.6 is 0 Å². The van der Waals surface area contributed by atoms with Crippen molar-refractivity contribution in [1.82, 2.24) is 29.4 Å². The van der Waals surface area contributed by atoms with Gasteiger partial charge in [0.15, 0.2) is 0 Å². The van der Waals surface area contributed by atoms with Gasteiger partial charge in [-0.2, -0.15) is 13.2 Å². The van der Waals surface area contributed by atoms with E-state index in [4.69, 9.17) is 4.98 Å². The first-order chi connectivity index (χ1) is 20.0. The van der Waals surface area contributed by atoms with Gasteiger partial charge in [0.2, 0.25) is 0 Å². The number of nitrogens with zero attached hydrogens (tertiary/aromatic N) is 6. The molecule has 0 saturated heterocycles. The number of halogens is 3. The van der Waals surface area contributed by atoms with Gasteiger partial charge in [-0.15, -0.1) is 5.10 Å². The second kappa shape index (κ2) is 10.2. The fourth-order valence-corrected chi connectivity index (χ4v) is 5.41. The Morgan fingerprint density at radius 3 is 2.33 bits per heavy atom. The molecule has 0 unspecified atom stereocenters. The third-order valence-electron chi connectivity index (χ3n) is 7.38. The Hall–Kier alpha value is -4.80. The Balaban J connectivity index is 1.40. The molecule has 0 aliphatic carbocycles. The molecule has 214 valence electrons. The molecule has 11 heteroatoms. The zero-order valence-corrected chi connectivity index (χ0v) is 23.1. The van der Waals surface area contributed by atoms with Crippen LogP contribution in [0.4, 0.5) is 13.2 Å². The van der Waals surface area contributed by atoms with Crippen molar-refractivity contribution >= 4 is 22.8 Å². The van der Waals surface area contributed by atoms with E-state index in [9.17, 15) is 22.8 Å². The number of para-hydroxylation sites is 2. The first kappa shape index (κ1) is 27.4. The van der Waals surface area contributed by atoms with Crippen LogP contribution in [0.5, 0.6) is 0 Å². The average molecular weight is 573 g/mol. The lowest BCUT2D eigenvalue weighted by molar-refractivity contribution is -0.137. The van der Waals surface area contributed by atoms with Gasteiger partial charge >= 0.3 is 6.18 Å². The third-order valence-corrected chi connectivity index (χ3v) is 7.38. The second-order valence-electron chi connectivity index (χ2n) is 10.9. The van der Waals surface area contributed by atoms with Crippen molar-refractivity contribution in [2.24, 2.45) is 5.92 Å². The number of imide groups is 1. The van der Waals surface area contributed by atoms with E-state index >= 15 is 0 Å². The van der Waals surface area contributed by atoms with Gasteiger partial charge in [-0.1, -0.05) is 42.8 Å². The smallest absolute Gasteiger partial charge is 0.320 e. The van der Waals surface area contributed by atoms with Gasteiger partial charge in [0.1, 0.15) is 11.5 Å². The molecule has 5 aromatic rings. The fourth-order valence-electron chi connectivity index (χ4n) is 5.41. The highest BCUT2D eigenvalue weighted by Gasteiger charge is 2.42. The molecule has 0 fully saturated rings. The lowest BCUT2D eigenvalue weighted by Crippen LogP contribution is -2.36. The number of alkyl halides is 3. The quantitative estimate of drug-likeness (QED) is 0.212. The summed E-state index contributed by atoms with van der Waals surface area (Å²) in [6.07, 6.45) is -2.30. The Kier molecular flexibility index (Phi) is 6.67. The van der Waals surface area contributed by atoms with Crippen molar-refractivity contribution in [2.45, 2.75) is 46.0 Å². The summed E-state index contributed by atoms with van der Waals surface area (Å²) in [5, 5.41) is 8.40. The largest absolute Gasteiger partial charge is 0.416 e. The Labute approximate surface area is 239 Å². The molecule has 42 heavy (non-hydrogen) atoms. The lowest BCUT2D eigenvalue weighted by atomic mass is 10.0. The number of hydrogen-bond acceptors (Lipinski definition) is 5. The minimum atomic E-state index is -4.43. The second-order valence-corrected chi connectivity index (χ2v) is 10.9. The number of benzene rings is 3. The van der Waals surface area contributed by atoms with Crippen LogP contribution in [-0.2, 0) is 12.7 Å². The van der Waals surface area contributed by atoms with Crippen LogP contribution in [-0.4, -0.2) is 41.3 Å². The van der Waals surface area contributed by atoms with Crippen molar-refractivity contribution < 1.29 is 22.8 Å². The summed E-state index contributed by atoms with van der Waals surface area (Å²) in [5.41, 5.74) is 3.34. The zero-order valence-electron chi connectivity index (χ0n) is 23.1. The molecule has 8 nitrogen and oxygen atoms in total. The van der Waals surface area contributed by atoms with Crippen molar-refractivity contribution in [3.8, 4) is 5.69 Å². The third kappa shape index (κ3) is 4.84. The highest BCUT2D eigenvalue weighted by atomic mass is 19.4. The van der Waals surface area contributed by atoms with Gasteiger partial charge in [0.05, 0.1) is 52.2 Å². The van der Waals surface area contributed by atoms with Gasteiger partial charge in [0.25, 0.3) is 11.8 Å². The normalized spacial score (nSPS) is 14.3. The summed E-state index contributed by atoms with van der Waals surface area (Å²) in [6.45, 7) is 6.15. The zero-order chi connectivity index (χ0) is 29.8. The summed E-state index contributed by atoms with van der Waals surface area (Å²) in [5.74, 6) is -0.0289. The fraction of sp³-hybridized carbons (Fsp3) is 0.258. The van der Waals surface area contributed by atoms with Gasteiger partial charge in [-0.05, 0) is 67.8 Å². The average Bonchev–Trinajstić information content (AvgIpc) is 3.63. The van der Waals surface area contributed by atoms with Gasteiger partial charge in [0, 0.05) is 0 Å². The van der Waals surface area contributed by atoms with E-state index in [1.165, 1.54) is 21.7 Å². The summed E-state index contributed by atoms with van der Waals surface area (Å²) in [4.78, 5) is 33.5. The van der Waals surface area contributed by atoms with Crippen molar-refractivity contribution in [2.75, 3.05) is 0 Å². The van der Waals surface area contributed by atoms with Crippen LogP contribution in [0.3, 0.4) is 0 Å². The number of amides is 2. The SMILES string of the molecule is Cc1ccc2c(c1)C(=O)N([C@H](CC(C)C)c1nc3ccccc3n1Cc1cn(-c3ccc(C(F)(F)F)cc3)nn1)C2=O. The summed E-state index contributed by atoms with van der Waals surface area (Å²) in [6, 6.07) is 16.8. The van der Waals surface area contributed by atoms with E-state index in [1.807, 2.05) is 55.7 Å². The molecule has 2 aromatic heterocycles. The van der Waals surface area contributed by atoms with Crippen molar-refractivity contribution in [1.29, 1.82) is 0 Å². The maximum Gasteiger partial charge on any atom is 0.416 e. The predicted molar refractivity (Wildman–Crippen MR) is 149 cm³/mol. The molecule has 1 atom stereocenters. The van der Waals surface area contributed by atoms with E-state index in [1.54, 1.807) is 18.3 Å². The molecular weight excluding hydrogens is 545 g/mol. The maximum absolute atomic E-state index is 13.7. The molecule has 3 aromatic carbocycles. The van der Waals surface area contributed by atoms with E-state index < -0.39 is 17.8 Å². The number of aryl methyl sites for hydroxylation is 1. The van der Waals surface area contributed by atoms with Gasteiger partial charge in [-0.25, -0.2) is 9.67 Å². The van der Waals surface area contributed by atoms with E-state index in [0.29, 0.717) is 40.3 Å². The molecule has 0 saturated carbocycles. The summed E-state index contributed by atoms with van der Waals surface area (Å²) >= 11 is 0. The van der Waals surface area contributed by atoms with Crippen LogP contribution < -0.4 is 0 Å². The molecule has 0 radical (unpaired) electrons. The van der Waals surface area contributed by atoms with Gasteiger partial charge in [-0.3, -0.25) is 14.5 Å². The molecule has 3 heterocycles. The van der Waals surface area contributed by atoms with Crippen LogP contribution in [0.15, 0.2) is 72.9 Å². The van der Waals surface area contributed by atoms with Crippen molar-refractivity contribution in [3.05, 3.63) is 107 Å². The van der Waals surface area contributed by atoms with Gasteiger partial charge < -0.3 is 4.57 Å².